The summed E-state index contributed by atoms with van der Waals surface area (Å²) in [5.41, 5.74) is 1.71. The predicted molar refractivity (Wildman–Crippen MR) is 117 cm³/mol. The fourth-order valence-electron chi connectivity index (χ4n) is 3.95. The topological polar surface area (TPSA) is 49.4 Å². The van der Waals surface area contributed by atoms with Crippen LogP contribution in [-0.4, -0.2) is 29.8 Å². The van der Waals surface area contributed by atoms with E-state index in [1.807, 2.05) is 35.2 Å². The van der Waals surface area contributed by atoms with Crippen LogP contribution in [0.5, 0.6) is 0 Å². The van der Waals surface area contributed by atoms with E-state index >= 15 is 0 Å². The summed E-state index contributed by atoms with van der Waals surface area (Å²) in [6.07, 6.45) is 1.96. The number of hydrogen-bond acceptors (Lipinski definition) is 2. The van der Waals surface area contributed by atoms with Gasteiger partial charge in [-0.15, -0.1) is 0 Å². The molecular weight excluding hydrogens is 384 g/mol. The van der Waals surface area contributed by atoms with E-state index in [1.54, 1.807) is 18.2 Å². The quantitative estimate of drug-likeness (QED) is 0.669. The van der Waals surface area contributed by atoms with Crippen molar-refractivity contribution in [2.24, 2.45) is 5.92 Å². The molecule has 0 aliphatic carbocycles. The highest BCUT2D eigenvalue weighted by Crippen LogP contribution is 2.23. The Bertz CT molecular complexity index is 1040. The molecule has 5 heteroatoms. The van der Waals surface area contributed by atoms with E-state index < -0.39 is 0 Å². The maximum absolute atomic E-state index is 13.0. The summed E-state index contributed by atoms with van der Waals surface area (Å²) < 4.78 is 0. The first kappa shape index (κ1) is 19.5. The van der Waals surface area contributed by atoms with Gasteiger partial charge in [0.05, 0.1) is 12.3 Å². The lowest BCUT2D eigenvalue weighted by Crippen LogP contribution is -2.44. The lowest BCUT2D eigenvalue weighted by Gasteiger charge is -2.32. The van der Waals surface area contributed by atoms with Crippen LogP contribution in [0.2, 0.25) is 5.02 Å². The summed E-state index contributed by atoms with van der Waals surface area (Å²) in [6.45, 7) is 1.15. The summed E-state index contributed by atoms with van der Waals surface area (Å²) in [6, 6.07) is 21.3. The first-order chi connectivity index (χ1) is 14.1. The number of anilines is 1. The molecule has 4 nitrogen and oxygen atoms in total. The van der Waals surface area contributed by atoms with Crippen LogP contribution >= 0.6 is 11.6 Å². The minimum absolute atomic E-state index is 0.0603. The zero-order valence-corrected chi connectivity index (χ0v) is 16.9. The van der Waals surface area contributed by atoms with Crippen molar-refractivity contribution in [1.29, 1.82) is 0 Å². The van der Waals surface area contributed by atoms with Crippen LogP contribution < -0.4 is 5.32 Å². The molecule has 1 N–H and O–H groups in total. The van der Waals surface area contributed by atoms with Crippen LogP contribution in [0.1, 0.15) is 18.4 Å². The molecule has 0 bridgehead atoms. The number of carbonyl (C=O) groups is 2. The smallest absolute Gasteiger partial charge is 0.229 e. The Balaban J connectivity index is 1.42. The molecule has 29 heavy (non-hydrogen) atoms. The molecule has 1 atom stereocenters. The number of benzene rings is 3. The maximum atomic E-state index is 13.0. The predicted octanol–water partition coefficient (Wildman–Crippen LogP) is 4.91. The summed E-state index contributed by atoms with van der Waals surface area (Å²) in [5, 5.41) is 5.75. The van der Waals surface area contributed by atoms with Gasteiger partial charge in [-0.05, 0) is 47.4 Å². The molecule has 3 aromatic carbocycles. The Morgan fingerprint density at radius 2 is 1.83 bits per heavy atom. The van der Waals surface area contributed by atoms with E-state index in [2.05, 4.69) is 23.5 Å². The average molecular weight is 407 g/mol. The third-order valence-corrected chi connectivity index (χ3v) is 5.69. The molecule has 4 rings (SSSR count). The Morgan fingerprint density at radius 3 is 2.69 bits per heavy atom. The Kier molecular flexibility index (Phi) is 5.81. The number of amides is 2. The van der Waals surface area contributed by atoms with Gasteiger partial charge in [0, 0.05) is 23.8 Å². The second-order valence-electron chi connectivity index (χ2n) is 7.49. The van der Waals surface area contributed by atoms with E-state index in [0.29, 0.717) is 30.2 Å². The molecule has 1 aliphatic rings. The Labute approximate surface area is 175 Å². The van der Waals surface area contributed by atoms with Crippen molar-refractivity contribution in [2.45, 2.75) is 19.3 Å². The zero-order chi connectivity index (χ0) is 20.2. The number of rotatable bonds is 4. The number of nitrogens with zero attached hydrogens (tertiary/aromatic N) is 1. The summed E-state index contributed by atoms with van der Waals surface area (Å²) in [4.78, 5) is 27.5. The minimum Gasteiger partial charge on any atom is -0.342 e. The summed E-state index contributed by atoms with van der Waals surface area (Å²) in [7, 11) is 0. The first-order valence-electron chi connectivity index (χ1n) is 9.91. The molecule has 2 amide bonds. The number of fused-ring (bicyclic) bond motifs is 1. The highest BCUT2D eigenvalue weighted by Gasteiger charge is 2.28. The van der Waals surface area contributed by atoms with E-state index in [9.17, 15) is 9.59 Å². The molecule has 1 saturated heterocycles. The first-order valence-corrected chi connectivity index (χ1v) is 10.3. The van der Waals surface area contributed by atoms with Gasteiger partial charge in [0.25, 0.3) is 0 Å². The standard InChI is InChI=1S/C24H23ClN2O2/c25-20-10-4-11-21(15-20)26-24(29)19-9-5-13-27(16-19)23(28)14-18-8-3-7-17-6-1-2-12-22(17)18/h1-4,6-8,10-12,15,19H,5,9,13-14,16H2,(H,26,29)/t19-/m1/s1. The molecule has 0 unspecified atom stereocenters. The van der Waals surface area contributed by atoms with Gasteiger partial charge in [-0.1, -0.05) is 60.1 Å². The van der Waals surface area contributed by atoms with Gasteiger partial charge in [-0.2, -0.15) is 0 Å². The molecule has 1 fully saturated rings. The number of halogens is 1. The number of likely N-dealkylation sites (tertiary alicyclic amines) is 1. The van der Waals surface area contributed by atoms with Crippen LogP contribution in [0.25, 0.3) is 10.8 Å². The second-order valence-corrected chi connectivity index (χ2v) is 7.93. The Hall–Kier alpha value is -2.85. The third-order valence-electron chi connectivity index (χ3n) is 5.46. The lowest BCUT2D eigenvalue weighted by molar-refractivity contribution is -0.133. The van der Waals surface area contributed by atoms with Gasteiger partial charge in [0.15, 0.2) is 0 Å². The summed E-state index contributed by atoms with van der Waals surface area (Å²) >= 11 is 5.99. The third kappa shape index (κ3) is 4.60. The van der Waals surface area contributed by atoms with Crippen LogP contribution in [0, 0.1) is 5.92 Å². The largest absolute Gasteiger partial charge is 0.342 e. The fourth-order valence-corrected chi connectivity index (χ4v) is 4.14. The van der Waals surface area contributed by atoms with E-state index in [1.165, 1.54) is 0 Å². The SMILES string of the molecule is O=C(Nc1cccc(Cl)c1)[C@@H]1CCCN(C(=O)Cc2cccc3ccccc23)C1. The highest BCUT2D eigenvalue weighted by molar-refractivity contribution is 6.30. The molecule has 1 heterocycles. The van der Waals surface area contributed by atoms with Crippen molar-refractivity contribution in [1.82, 2.24) is 4.90 Å². The summed E-state index contributed by atoms with van der Waals surface area (Å²) in [5.74, 6) is -0.198. The van der Waals surface area contributed by atoms with Gasteiger partial charge in [-0.25, -0.2) is 0 Å². The molecule has 1 aliphatic heterocycles. The average Bonchev–Trinajstić information content (AvgIpc) is 2.74. The minimum atomic E-state index is -0.209. The van der Waals surface area contributed by atoms with Crippen molar-refractivity contribution in [3.8, 4) is 0 Å². The Morgan fingerprint density at radius 1 is 1.03 bits per heavy atom. The zero-order valence-electron chi connectivity index (χ0n) is 16.1. The number of hydrogen-bond donors (Lipinski definition) is 1. The van der Waals surface area contributed by atoms with Crippen molar-refractivity contribution >= 4 is 39.9 Å². The number of nitrogens with one attached hydrogen (secondary N) is 1. The monoisotopic (exact) mass is 406 g/mol. The normalized spacial score (nSPS) is 16.6. The lowest BCUT2D eigenvalue weighted by atomic mass is 9.95. The van der Waals surface area contributed by atoms with Gasteiger partial charge in [0.1, 0.15) is 0 Å². The molecule has 3 aromatic rings. The molecule has 0 aromatic heterocycles. The van der Waals surface area contributed by atoms with Crippen molar-refractivity contribution in [3.05, 3.63) is 77.3 Å². The molecule has 148 valence electrons. The van der Waals surface area contributed by atoms with Crippen LogP contribution in [0.3, 0.4) is 0 Å². The molecule has 0 spiro atoms. The second kappa shape index (κ2) is 8.66. The molecular formula is C24H23ClN2O2. The number of piperidine rings is 1. The van der Waals surface area contributed by atoms with Gasteiger partial charge in [-0.3, -0.25) is 9.59 Å². The molecule has 0 saturated carbocycles. The van der Waals surface area contributed by atoms with Crippen LogP contribution in [-0.2, 0) is 16.0 Å². The van der Waals surface area contributed by atoms with Crippen LogP contribution in [0.15, 0.2) is 66.7 Å². The maximum Gasteiger partial charge on any atom is 0.229 e. The van der Waals surface area contributed by atoms with Crippen molar-refractivity contribution in [3.63, 3.8) is 0 Å². The van der Waals surface area contributed by atoms with Crippen molar-refractivity contribution < 1.29 is 9.59 Å². The van der Waals surface area contributed by atoms with E-state index in [4.69, 9.17) is 11.6 Å². The van der Waals surface area contributed by atoms with Crippen LogP contribution in [0.4, 0.5) is 5.69 Å². The number of carbonyl (C=O) groups excluding carboxylic acids is 2. The van der Waals surface area contributed by atoms with E-state index in [-0.39, 0.29) is 17.7 Å². The van der Waals surface area contributed by atoms with E-state index in [0.717, 1.165) is 29.2 Å². The van der Waals surface area contributed by atoms with Gasteiger partial charge in [0.2, 0.25) is 11.8 Å². The van der Waals surface area contributed by atoms with Gasteiger partial charge >= 0.3 is 0 Å². The van der Waals surface area contributed by atoms with Crippen molar-refractivity contribution in [2.75, 3.05) is 18.4 Å². The fraction of sp³-hybridized carbons (Fsp3) is 0.250. The molecule has 0 radical (unpaired) electrons. The van der Waals surface area contributed by atoms with Gasteiger partial charge < -0.3 is 10.2 Å². The highest BCUT2D eigenvalue weighted by atomic mass is 35.5.